The maximum absolute atomic E-state index is 5.37. The number of aliphatic imine (C=N–C) groups is 1. The van der Waals surface area contributed by atoms with Crippen LogP contribution in [-0.2, 0) is 0 Å². The second-order valence-corrected chi connectivity index (χ2v) is 1.88. The summed E-state index contributed by atoms with van der Waals surface area (Å²) >= 11 is 0. The van der Waals surface area contributed by atoms with E-state index in [-0.39, 0.29) is 11.7 Å². The van der Waals surface area contributed by atoms with Crippen LogP contribution in [0.1, 0.15) is 0 Å². The predicted molar refractivity (Wildman–Crippen MR) is 46.3 cm³/mol. The van der Waals surface area contributed by atoms with Crippen molar-refractivity contribution < 1.29 is 0 Å². The van der Waals surface area contributed by atoms with Gasteiger partial charge in [-0.15, -0.1) is 0 Å². The molecule has 0 aliphatic heterocycles. The van der Waals surface area contributed by atoms with Crippen LogP contribution in [0.3, 0.4) is 0 Å². The highest BCUT2D eigenvalue weighted by Crippen LogP contribution is 1.82. The molecule has 0 fully saturated rings. The Labute approximate surface area is 65.6 Å². The third-order valence-electron chi connectivity index (χ3n) is 0.865. The highest BCUT2D eigenvalue weighted by atomic mass is 15.0. The van der Waals surface area contributed by atoms with E-state index in [1.165, 1.54) is 6.08 Å². The summed E-state index contributed by atoms with van der Waals surface area (Å²) in [6.45, 7) is 3.35. The lowest BCUT2D eigenvalue weighted by atomic mass is 10.5. The molecule has 0 saturated carbocycles. The molecular weight excluding hydrogens is 142 g/mol. The van der Waals surface area contributed by atoms with Gasteiger partial charge < -0.3 is 22.5 Å². The lowest BCUT2D eigenvalue weighted by Gasteiger charge is -1.98. The standard InChI is InChI=1S/C6H13N5/c1-4(7)11-6(9)3-5(8)10-2/h3,10H,1,7-8H2,2H3,(H2,9,11)/b5-3+. The molecule has 0 atom stereocenters. The maximum Gasteiger partial charge on any atom is 0.129 e. The molecule has 0 spiro atoms. The van der Waals surface area contributed by atoms with Gasteiger partial charge in [0, 0.05) is 13.1 Å². The molecule has 0 radical (unpaired) electrons. The van der Waals surface area contributed by atoms with E-state index >= 15 is 0 Å². The molecule has 0 aliphatic carbocycles. The monoisotopic (exact) mass is 155 g/mol. The van der Waals surface area contributed by atoms with E-state index in [9.17, 15) is 0 Å². The maximum atomic E-state index is 5.37. The Hall–Kier alpha value is -1.65. The summed E-state index contributed by atoms with van der Waals surface area (Å²) in [5.74, 6) is 0.805. The molecule has 0 saturated heterocycles. The molecule has 0 amide bonds. The molecule has 0 bridgehead atoms. The number of rotatable bonds is 3. The fourth-order valence-corrected chi connectivity index (χ4v) is 0.430. The quantitative estimate of drug-likeness (QED) is 0.303. The summed E-state index contributed by atoms with van der Waals surface area (Å²) in [4.78, 5) is 3.65. The summed E-state index contributed by atoms with van der Waals surface area (Å²) in [5, 5.41) is 2.68. The average Bonchev–Trinajstić information content (AvgIpc) is 1.85. The Morgan fingerprint density at radius 2 is 2.00 bits per heavy atom. The number of hydrogen-bond donors (Lipinski definition) is 4. The van der Waals surface area contributed by atoms with Crippen LogP contribution >= 0.6 is 0 Å². The average molecular weight is 155 g/mol. The first-order valence-corrected chi connectivity index (χ1v) is 2.99. The number of nitrogens with zero attached hydrogens (tertiary/aromatic N) is 1. The van der Waals surface area contributed by atoms with Gasteiger partial charge in [0.25, 0.3) is 0 Å². The van der Waals surface area contributed by atoms with Crippen LogP contribution in [0.5, 0.6) is 0 Å². The molecule has 0 aromatic heterocycles. The Morgan fingerprint density at radius 3 is 2.36 bits per heavy atom. The number of hydrogen-bond acceptors (Lipinski definition) is 4. The summed E-state index contributed by atoms with van der Waals surface area (Å²) in [5.41, 5.74) is 15.9. The number of nitrogens with two attached hydrogens (primary N) is 3. The van der Waals surface area contributed by atoms with Crippen molar-refractivity contribution in [1.29, 1.82) is 0 Å². The van der Waals surface area contributed by atoms with Crippen molar-refractivity contribution in [2.24, 2.45) is 22.2 Å². The molecule has 0 aromatic rings. The number of amidine groups is 1. The van der Waals surface area contributed by atoms with Gasteiger partial charge in [-0.2, -0.15) is 0 Å². The summed E-state index contributed by atoms with van der Waals surface area (Å²) in [6, 6.07) is 0. The van der Waals surface area contributed by atoms with Crippen molar-refractivity contribution in [2.45, 2.75) is 0 Å². The summed E-state index contributed by atoms with van der Waals surface area (Å²) < 4.78 is 0. The van der Waals surface area contributed by atoms with E-state index < -0.39 is 0 Å². The Balaban J connectivity index is 4.26. The van der Waals surface area contributed by atoms with Crippen LogP contribution in [0, 0.1) is 0 Å². The molecule has 5 nitrogen and oxygen atoms in total. The normalized spacial score (nSPS) is 12.8. The van der Waals surface area contributed by atoms with Crippen molar-refractivity contribution in [3.63, 3.8) is 0 Å². The molecule has 0 aliphatic rings. The summed E-state index contributed by atoms with van der Waals surface area (Å²) in [7, 11) is 1.68. The van der Waals surface area contributed by atoms with E-state index in [2.05, 4.69) is 16.9 Å². The van der Waals surface area contributed by atoms with Crippen LogP contribution in [0.2, 0.25) is 0 Å². The fraction of sp³-hybridized carbons (Fsp3) is 0.167. The van der Waals surface area contributed by atoms with E-state index in [0.717, 1.165) is 0 Å². The second kappa shape index (κ2) is 4.21. The third kappa shape index (κ3) is 4.83. The molecule has 62 valence electrons. The Kier molecular flexibility index (Phi) is 3.58. The molecular formula is C6H13N5. The minimum absolute atomic E-state index is 0.155. The second-order valence-electron chi connectivity index (χ2n) is 1.88. The zero-order valence-corrected chi connectivity index (χ0v) is 6.46. The zero-order chi connectivity index (χ0) is 8.85. The van der Waals surface area contributed by atoms with Gasteiger partial charge in [0.1, 0.15) is 11.7 Å². The van der Waals surface area contributed by atoms with Gasteiger partial charge in [0.05, 0.1) is 5.82 Å². The Morgan fingerprint density at radius 1 is 1.45 bits per heavy atom. The smallest absolute Gasteiger partial charge is 0.129 e. The van der Waals surface area contributed by atoms with Crippen LogP contribution in [0.4, 0.5) is 0 Å². The molecule has 11 heavy (non-hydrogen) atoms. The van der Waals surface area contributed by atoms with Crippen molar-refractivity contribution in [3.8, 4) is 0 Å². The first kappa shape index (κ1) is 9.35. The fourth-order valence-electron chi connectivity index (χ4n) is 0.430. The van der Waals surface area contributed by atoms with Gasteiger partial charge in [0.2, 0.25) is 0 Å². The predicted octanol–water partition coefficient (Wildman–Crippen LogP) is -1.21. The van der Waals surface area contributed by atoms with Crippen molar-refractivity contribution >= 4 is 5.84 Å². The minimum Gasteiger partial charge on any atom is -0.385 e. The van der Waals surface area contributed by atoms with Gasteiger partial charge in [-0.25, -0.2) is 4.99 Å². The van der Waals surface area contributed by atoms with E-state index in [4.69, 9.17) is 17.2 Å². The molecule has 0 heterocycles. The SMILES string of the molecule is C=C(N)/N=C(N)\C=C(/N)NC. The van der Waals surface area contributed by atoms with Gasteiger partial charge in [-0.05, 0) is 0 Å². The van der Waals surface area contributed by atoms with Crippen LogP contribution < -0.4 is 22.5 Å². The van der Waals surface area contributed by atoms with Crippen LogP contribution in [0.25, 0.3) is 0 Å². The topological polar surface area (TPSA) is 102 Å². The highest BCUT2D eigenvalue weighted by molar-refractivity contribution is 5.92. The van der Waals surface area contributed by atoms with Crippen molar-refractivity contribution in [2.75, 3.05) is 7.05 Å². The van der Waals surface area contributed by atoms with E-state index in [1.807, 2.05) is 0 Å². The first-order valence-electron chi connectivity index (χ1n) is 2.99. The van der Waals surface area contributed by atoms with Crippen LogP contribution in [0.15, 0.2) is 29.3 Å². The Bertz CT molecular complexity index is 203. The molecule has 5 heteroatoms. The van der Waals surface area contributed by atoms with Gasteiger partial charge in [-0.1, -0.05) is 6.58 Å². The summed E-state index contributed by atoms with van der Waals surface area (Å²) in [6.07, 6.45) is 1.46. The van der Waals surface area contributed by atoms with Gasteiger partial charge in [0.15, 0.2) is 0 Å². The third-order valence-corrected chi connectivity index (χ3v) is 0.865. The number of nitrogens with one attached hydrogen (secondary N) is 1. The molecule has 7 N–H and O–H groups in total. The lowest BCUT2D eigenvalue weighted by Crippen LogP contribution is -2.19. The molecule has 0 unspecified atom stereocenters. The largest absolute Gasteiger partial charge is 0.385 e. The first-order chi connectivity index (χ1) is 5.06. The van der Waals surface area contributed by atoms with Gasteiger partial charge >= 0.3 is 0 Å². The highest BCUT2D eigenvalue weighted by Gasteiger charge is 1.87. The van der Waals surface area contributed by atoms with Crippen molar-refractivity contribution in [3.05, 3.63) is 24.3 Å². The molecule has 0 rings (SSSR count). The van der Waals surface area contributed by atoms with Crippen molar-refractivity contribution in [1.82, 2.24) is 5.32 Å². The van der Waals surface area contributed by atoms with E-state index in [1.54, 1.807) is 7.05 Å². The van der Waals surface area contributed by atoms with E-state index in [0.29, 0.717) is 5.82 Å². The lowest BCUT2D eigenvalue weighted by molar-refractivity contribution is 0.967. The minimum atomic E-state index is 0.155. The van der Waals surface area contributed by atoms with Crippen LogP contribution in [-0.4, -0.2) is 12.9 Å². The zero-order valence-electron chi connectivity index (χ0n) is 6.46. The van der Waals surface area contributed by atoms with Gasteiger partial charge in [-0.3, -0.25) is 0 Å². The molecule has 0 aromatic carbocycles.